The summed E-state index contributed by atoms with van der Waals surface area (Å²) in [5.41, 5.74) is 2.66. The highest BCUT2D eigenvalue weighted by Gasteiger charge is 2.24. The molecular weight excluding hydrogens is 224 g/mol. The molecule has 0 fully saturated rings. The number of phenolic OH excluding ortho intramolecular Hbond substituents is 1. The smallest absolute Gasteiger partial charge is 0.160 e. The van der Waals surface area contributed by atoms with Crippen LogP contribution in [0.5, 0.6) is 11.5 Å². The van der Waals surface area contributed by atoms with E-state index in [1.165, 1.54) is 30.4 Å². The van der Waals surface area contributed by atoms with Gasteiger partial charge in [-0.05, 0) is 54.4 Å². The number of fused-ring (bicyclic) bond motifs is 1. The number of aryl methyl sites for hydroxylation is 1. The molecule has 2 atom stereocenters. The standard InChI is InChI=1S/C16H24O2/c1-4-5-11(2)12-6-7-13-9-15(17)16(18-3)10-14(13)8-12/h9-12,17H,4-8H2,1-3H3. The molecule has 1 aliphatic rings. The van der Waals surface area contributed by atoms with Gasteiger partial charge >= 0.3 is 0 Å². The van der Waals surface area contributed by atoms with Crippen molar-refractivity contribution in [2.75, 3.05) is 7.11 Å². The molecule has 0 heterocycles. The Hall–Kier alpha value is -1.18. The summed E-state index contributed by atoms with van der Waals surface area (Å²) >= 11 is 0. The Labute approximate surface area is 110 Å². The van der Waals surface area contributed by atoms with Gasteiger partial charge in [0, 0.05) is 0 Å². The second kappa shape index (κ2) is 5.64. The summed E-state index contributed by atoms with van der Waals surface area (Å²) in [4.78, 5) is 0. The van der Waals surface area contributed by atoms with Gasteiger partial charge in [-0.3, -0.25) is 0 Å². The first kappa shape index (κ1) is 13.3. The topological polar surface area (TPSA) is 29.5 Å². The van der Waals surface area contributed by atoms with Crippen LogP contribution < -0.4 is 4.74 Å². The van der Waals surface area contributed by atoms with Crippen LogP contribution in [0.2, 0.25) is 0 Å². The summed E-state index contributed by atoms with van der Waals surface area (Å²) in [7, 11) is 1.61. The molecular formula is C16H24O2. The third-order valence-electron chi connectivity index (χ3n) is 4.32. The SMILES string of the molecule is CCCC(C)C1CCc2cc(O)c(OC)cc2C1. The van der Waals surface area contributed by atoms with Crippen LogP contribution >= 0.6 is 0 Å². The van der Waals surface area contributed by atoms with Gasteiger partial charge < -0.3 is 9.84 Å². The molecule has 18 heavy (non-hydrogen) atoms. The molecule has 0 bridgehead atoms. The number of hydrogen-bond acceptors (Lipinski definition) is 2. The van der Waals surface area contributed by atoms with Gasteiger partial charge in [-0.1, -0.05) is 26.7 Å². The molecule has 0 aromatic heterocycles. The highest BCUT2D eigenvalue weighted by molar-refractivity contribution is 5.47. The van der Waals surface area contributed by atoms with Crippen molar-refractivity contribution in [3.63, 3.8) is 0 Å². The van der Waals surface area contributed by atoms with Crippen molar-refractivity contribution in [3.05, 3.63) is 23.3 Å². The zero-order valence-corrected chi connectivity index (χ0v) is 11.7. The maximum Gasteiger partial charge on any atom is 0.160 e. The third-order valence-corrected chi connectivity index (χ3v) is 4.32. The summed E-state index contributed by atoms with van der Waals surface area (Å²) < 4.78 is 5.20. The van der Waals surface area contributed by atoms with Gasteiger partial charge in [0.25, 0.3) is 0 Å². The van der Waals surface area contributed by atoms with E-state index in [0.717, 1.165) is 24.7 Å². The summed E-state index contributed by atoms with van der Waals surface area (Å²) in [6, 6.07) is 3.91. The maximum absolute atomic E-state index is 9.80. The first-order chi connectivity index (χ1) is 8.65. The predicted molar refractivity (Wildman–Crippen MR) is 74.2 cm³/mol. The molecule has 0 spiro atoms. The van der Waals surface area contributed by atoms with Crippen LogP contribution in [0.15, 0.2) is 12.1 Å². The van der Waals surface area contributed by atoms with Crippen LogP contribution in [-0.4, -0.2) is 12.2 Å². The van der Waals surface area contributed by atoms with E-state index < -0.39 is 0 Å². The van der Waals surface area contributed by atoms with Crippen LogP contribution in [0.3, 0.4) is 0 Å². The minimum atomic E-state index is 0.274. The molecule has 1 aromatic rings. The minimum Gasteiger partial charge on any atom is -0.504 e. The Morgan fingerprint density at radius 1 is 1.39 bits per heavy atom. The van der Waals surface area contributed by atoms with Crippen molar-refractivity contribution >= 4 is 0 Å². The van der Waals surface area contributed by atoms with Crippen molar-refractivity contribution in [1.29, 1.82) is 0 Å². The number of ether oxygens (including phenoxy) is 1. The Balaban J connectivity index is 2.18. The van der Waals surface area contributed by atoms with Crippen LogP contribution in [-0.2, 0) is 12.8 Å². The molecule has 1 aliphatic carbocycles. The van der Waals surface area contributed by atoms with Crippen molar-refractivity contribution in [3.8, 4) is 11.5 Å². The molecule has 100 valence electrons. The van der Waals surface area contributed by atoms with E-state index in [9.17, 15) is 5.11 Å². The van der Waals surface area contributed by atoms with E-state index in [-0.39, 0.29) is 5.75 Å². The Morgan fingerprint density at radius 2 is 2.17 bits per heavy atom. The largest absolute Gasteiger partial charge is 0.504 e. The lowest BCUT2D eigenvalue weighted by atomic mass is 9.76. The number of hydrogen-bond donors (Lipinski definition) is 1. The van der Waals surface area contributed by atoms with Gasteiger partial charge in [0.15, 0.2) is 11.5 Å². The Kier molecular flexibility index (Phi) is 4.15. The average Bonchev–Trinajstić information content (AvgIpc) is 2.37. The molecule has 0 radical (unpaired) electrons. The fourth-order valence-corrected chi connectivity index (χ4v) is 3.14. The van der Waals surface area contributed by atoms with E-state index in [4.69, 9.17) is 4.74 Å². The normalized spacial score (nSPS) is 20.3. The predicted octanol–water partition coefficient (Wildman–Crippen LogP) is 3.94. The van der Waals surface area contributed by atoms with Crippen molar-refractivity contribution in [2.24, 2.45) is 11.8 Å². The first-order valence-corrected chi connectivity index (χ1v) is 7.04. The third kappa shape index (κ3) is 2.63. The zero-order valence-electron chi connectivity index (χ0n) is 11.7. The van der Waals surface area contributed by atoms with Gasteiger partial charge in [-0.15, -0.1) is 0 Å². The van der Waals surface area contributed by atoms with Gasteiger partial charge in [0.05, 0.1) is 7.11 Å². The lowest BCUT2D eigenvalue weighted by Crippen LogP contribution is -2.20. The Bertz CT molecular complexity index is 412. The monoisotopic (exact) mass is 248 g/mol. The molecule has 1 aromatic carbocycles. The van der Waals surface area contributed by atoms with E-state index >= 15 is 0 Å². The van der Waals surface area contributed by atoms with Gasteiger partial charge in [0.2, 0.25) is 0 Å². The second-order valence-electron chi connectivity index (χ2n) is 5.56. The molecule has 2 heteroatoms. The zero-order chi connectivity index (χ0) is 13.1. The molecule has 2 rings (SSSR count). The van der Waals surface area contributed by atoms with Gasteiger partial charge in [0.1, 0.15) is 0 Å². The van der Waals surface area contributed by atoms with Gasteiger partial charge in [-0.25, -0.2) is 0 Å². The Morgan fingerprint density at radius 3 is 2.83 bits per heavy atom. The number of methoxy groups -OCH3 is 1. The fraction of sp³-hybridized carbons (Fsp3) is 0.625. The van der Waals surface area contributed by atoms with E-state index in [1.54, 1.807) is 7.11 Å². The number of aromatic hydroxyl groups is 1. The molecule has 2 unspecified atom stereocenters. The lowest BCUT2D eigenvalue weighted by Gasteiger charge is -2.29. The highest BCUT2D eigenvalue weighted by Crippen LogP contribution is 2.37. The summed E-state index contributed by atoms with van der Waals surface area (Å²) in [6.45, 7) is 4.63. The molecule has 0 saturated carbocycles. The molecule has 0 saturated heterocycles. The van der Waals surface area contributed by atoms with Crippen molar-refractivity contribution < 1.29 is 9.84 Å². The van der Waals surface area contributed by atoms with Crippen LogP contribution in [0.4, 0.5) is 0 Å². The summed E-state index contributed by atoms with van der Waals surface area (Å²) in [6.07, 6.45) is 6.05. The van der Waals surface area contributed by atoms with Crippen molar-refractivity contribution in [1.82, 2.24) is 0 Å². The van der Waals surface area contributed by atoms with Crippen LogP contribution in [0, 0.1) is 11.8 Å². The average molecular weight is 248 g/mol. The first-order valence-electron chi connectivity index (χ1n) is 7.04. The maximum atomic E-state index is 9.80. The van der Waals surface area contributed by atoms with E-state index in [2.05, 4.69) is 13.8 Å². The fourth-order valence-electron chi connectivity index (χ4n) is 3.14. The summed E-state index contributed by atoms with van der Waals surface area (Å²) in [5.74, 6) is 2.46. The number of benzene rings is 1. The quantitative estimate of drug-likeness (QED) is 0.874. The second-order valence-corrected chi connectivity index (χ2v) is 5.56. The van der Waals surface area contributed by atoms with E-state index in [1.807, 2.05) is 12.1 Å². The number of rotatable bonds is 4. The van der Waals surface area contributed by atoms with Crippen LogP contribution in [0.25, 0.3) is 0 Å². The molecule has 0 aliphatic heterocycles. The summed E-state index contributed by atoms with van der Waals surface area (Å²) in [5, 5.41) is 9.80. The minimum absolute atomic E-state index is 0.274. The van der Waals surface area contributed by atoms with Crippen LogP contribution in [0.1, 0.15) is 44.2 Å². The molecule has 2 nitrogen and oxygen atoms in total. The molecule has 0 amide bonds. The lowest BCUT2D eigenvalue weighted by molar-refractivity contribution is 0.300. The number of phenols is 1. The van der Waals surface area contributed by atoms with Gasteiger partial charge in [-0.2, -0.15) is 0 Å². The van der Waals surface area contributed by atoms with E-state index in [0.29, 0.717) is 5.75 Å². The van der Waals surface area contributed by atoms with Crippen molar-refractivity contribution in [2.45, 2.75) is 46.0 Å². The highest BCUT2D eigenvalue weighted by atomic mass is 16.5. The molecule has 1 N–H and O–H groups in total.